The van der Waals surface area contributed by atoms with Crippen LogP contribution in [0.2, 0.25) is 0 Å². The standard InChI is InChI=1S/C24H28N2O7S/c1-16(28)24(25-18(15-27)13-17-7-9-19(29)10-8-17)33-20-11-12-23(30)22(14-20)26-34(31,32)21-5-3-2-4-6-21/h2-12,14,16,18,24-30H,13,15H2,1H3/t16?,18-,24?/m0/s1. The summed E-state index contributed by atoms with van der Waals surface area (Å²) in [6.45, 7) is 1.26. The Morgan fingerprint density at radius 3 is 2.26 bits per heavy atom. The Morgan fingerprint density at radius 2 is 1.65 bits per heavy atom. The summed E-state index contributed by atoms with van der Waals surface area (Å²) in [6.07, 6.45) is -1.54. The number of aliphatic hydroxyl groups is 2. The summed E-state index contributed by atoms with van der Waals surface area (Å²) >= 11 is 0. The zero-order valence-corrected chi connectivity index (χ0v) is 19.3. The van der Waals surface area contributed by atoms with Crippen LogP contribution < -0.4 is 14.8 Å². The van der Waals surface area contributed by atoms with Gasteiger partial charge in [0.05, 0.1) is 17.2 Å². The number of anilines is 1. The second-order valence-corrected chi connectivity index (χ2v) is 9.48. The van der Waals surface area contributed by atoms with E-state index >= 15 is 0 Å². The zero-order valence-electron chi connectivity index (χ0n) is 18.5. The molecule has 3 atom stereocenters. The van der Waals surface area contributed by atoms with Crippen molar-refractivity contribution in [1.82, 2.24) is 5.32 Å². The molecule has 3 aromatic rings. The van der Waals surface area contributed by atoms with Crippen LogP contribution in [-0.4, -0.2) is 53.8 Å². The maximum atomic E-state index is 12.6. The Hall–Kier alpha value is -3.31. The van der Waals surface area contributed by atoms with Crippen molar-refractivity contribution in [2.75, 3.05) is 11.3 Å². The first kappa shape index (κ1) is 25.3. The van der Waals surface area contributed by atoms with E-state index in [1.165, 1.54) is 37.3 Å². The van der Waals surface area contributed by atoms with Crippen molar-refractivity contribution in [3.05, 3.63) is 78.4 Å². The van der Waals surface area contributed by atoms with Gasteiger partial charge in [-0.05, 0) is 55.3 Å². The molecule has 0 saturated heterocycles. The highest BCUT2D eigenvalue weighted by molar-refractivity contribution is 7.92. The lowest BCUT2D eigenvalue weighted by molar-refractivity contribution is 0.0138. The molecule has 0 radical (unpaired) electrons. The van der Waals surface area contributed by atoms with E-state index in [0.717, 1.165) is 5.56 Å². The molecule has 0 aromatic heterocycles. The van der Waals surface area contributed by atoms with Crippen LogP contribution in [-0.2, 0) is 16.4 Å². The minimum absolute atomic E-state index is 0.0317. The number of hydrogen-bond acceptors (Lipinski definition) is 8. The van der Waals surface area contributed by atoms with Gasteiger partial charge < -0.3 is 25.2 Å². The Balaban J connectivity index is 1.74. The number of rotatable bonds is 11. The molecule has 6 N–H and O–H groups in total. The SMILES string of the molecule is CC(O)C(N[C@H](CO)Cc1ccc(O)cc1)Oc1ccc(O)c(NS(=O)(=O)c2ccccc2)c1. The maximum absolute atomic E-state index is 12.6. The quantitative estimate of drug-likeness (QED) is 0.178. The van der Waals surface area contributed by atoms with Gasteiger partial charge >= 0.3 is 0 Å². The molecule has 0 heterocycles. The zero-order chi connectivity index (χ0) is 24.7. The first-order valence-corrected chi connectivity index (χ1v) is 12.1. The Labute approximate surface area is 198 Å². The number of aromatic hydroxyl groups is 2. The van der Waals surface area contributed by atoms with Gasteiger partial charge in [0, 0.05) is 12.1 Å². The number of phenolic OH excluding ortho intramolecular Hbond substituents is 2. The van der Waals surface area contributed by atoms with Gasteiger partial charge in [-0.1, -0.05) is 30.3 Å². The Morgan fingerprint density at radius 1 is 0.971 bits per heavy atom. The van der Waals surface area contributed by atoms with Gasteiger partial charge in [0.25, 0.3) is 10.0 Å². The number of aliphatic hydroxyl groups excluding tert-OH is 2. The van der Waals surface area contributed by atoms with Crippen LogP contribution >= 0.6 is 0 Å². The molecule has 0 bridgehead atoms. The summed E-state index contributed by atoms with van der Waals surface area (Å²) in [5.41, 5.74) is 0.768. The van der Waals surface area contributed by atoms with Crippen molar-refractivity contribution in [2.45, 2.75) is 36.6 Å². The van der Waals surface area contributed by atoms with Gasteiger partial charge in [-0.15, -0.1) is 0 Å². The smallest absolute Gasteiger partial charge is 0.262 e. The first-order chi connectivity index (χ1) is 16.2. The molecular weight excluding hydrogens is 460 g/mol. The molecule has 34 heavy (non-hydrogen) atoms. The molecule has 3 aromatic carbocycles. The fourth-order valence-electron chi connectivity index (χ4n) is 3.22. The third kappa shape index (κ3) is 6.84. The molecule has 0 aliphatic rings. The number of sulfonamides is 1. The van der Waals surface area contributed by atoms with Gasteiger partial charge in [0.15, 0.2) is 6.23 Å². The van der Waals surface area contributed by atoms with Crippen LogP contribution in [0, 0.1) is 0 Å². The van der Waals surface area contributed by atoms with Crippen LogP contribution in [0.3, 0.4) is 0 Å². The molecule has 3 rings (SSSR count). The number of ether oxygens (including phenoxy) is 1. The molecule has 0 aliphatic carbocycles. The van der Waals surface area contributed by atoms with E-state index < -0.39 is 28.4 Å². The van der Waals surface area contributed by atoms with Crippen LogP contribution in [0.15, 0.2) is 77.7 Å². The van der Waals surface area contributed by atoms with Gasteiger partial charge in [0.1, 0.15) is 23.4 Å². The monoisotopic (exact) mass is 488 g/mol. The summed E-state index contributed by atoms with van der Waals surface area (Å²) < 4.78 is 33.4. The molecule has 9 nitrogen and oxygen atoms in total. The van der Waals surface area contributed by atoms with Crippen molar-refractivity contribution in [1.29, 1.82) is 0 Å². The Kier molecular flexibility index (Phi) is 8.35. The van der Waals surface area contributed by atoms with Gasteiger partial charge in [-0.25, -0.2) is 8.42 Å². The van der Waals surface area contributed by atoms with Crippen molar-refractivity contribution < 1.29 is 33.6 Å². The number of hydrogen-bond donors (Lipinski definition) is 6. The summed E-state index contributed by atoms with van der Waals surface area (Å²) in [4.78, 5) is 0.0317. The number of benzene rings is 3. The fraction of sp³-hybridized carbons (Fsp3) is 0.250. The molecule has 0 aliphatic heterocycles. The number of phenols is 2. The molecule has 0 spiro atoms. The second-order valence-electron chi connectivity index (χ2n) is 7.79. The summed E-state index contributed by atoms with van der Waals surface area (Å²) in [5.74, 6) is 0.0192. The highest BCUT2D eigenvalue weighted by atomic mass is 32.2. The molecule has 10 heteroatoms. The molecular formula is C24H28N2O7S. The molecule has 182 valence electrons. The highest BCUT2D eigenvalue weighted by Gasteiger charge is 2.23. The minimum atomic E-state index is -3.94. The van der Waals surface area contributed by atoms with Crippen molar-refractivity contribution in [2.24, 2.45) is 0 Å². The van der Waals surface area contributed by atoms with Crippen molar-refractivity contribution in [3.8, 4) is 17.2 Å². The van der Waals surface area contributed by atoms with E-state index in [4.69, 9.17) is 4.74 Å². The Bertz CT molecular complexity index is 1170. The topological polar surface area (TPSA) is 148 Å². The lowest BCUT2D eigenvalue weighted by Crippen LogP contribution is -2.50. The molecule has 0 fully saturated rings. The lowest BCUT2D eigenvalue weighted by Gasteiger charge is -2.28. The minimum Gasteiger partial charge on any atom is -0.508 e. The van der Waals surface area contributed by atoms with Gasteiger partial charge in [0.2, 0.25) is 0 Å². The first-order valence-electron chi connectivity index (χ1n) is 10.6. The summed E-state index contributed by atoms with van der Waals surface area (Å²) in [5, 5.41) is 42.6. The normalized spacial score (nSPS) is 14.2. The van der Waals surface area contributed by atoms with Crippen LogP contribution in [0.1, 0.15) is 12.5 Å². The molecule has 0 saturated carbocycles. The van der Waals surface area contributed by atoms with Crippen LogP contribution in [0.4, 0.5) is 5.69 Å². The lowest BCUT2D eigenvalue weighted by atomic mass is 10.1. The van der Waals surface area contributed by atoms with Crippen LogP contribution in [0.5, 0.6) is 17.2 Å². The van der Waals surface area contributed by atoms with E-state index in [0.29, 0.717) is 6.42 Å². The summed E-state index contributed by atoms with van der Waals surface area (Å²) in [7, 11) is -3.94. The second kappa shape index (κ2) is 11.2. The van der Waals surface area contributed by atoms with E-state index in [9.17, 15) is 28.8 Å². The molecule has 0 amide bonds. The average molecular weight is 489 g/mol. The maximum Gasteiger partial charge on any atom is 0.262 e. The largest absolute Gasteiger partial charge is 0.508 e. The van der Waals surface area contributed by atoms with Crippen molar-refractivity contribution in [3.63, 3.8) is 0 Å². The van der Waals surface area contributed by atoms with E-state index in [1.54, 1.807) is 42.5 Å². The average Bonchev–Trinajstić information content (AvgIpc) is 2.81. The summed E-state index contributed by atoms with van der Waals surface area (Å²) in [6, 6.07) is 17.8. The van der Waals surface area contributed by atoms with E-state index in [2.05, 4.69) is 10.0 Å². The van der Waals surface area contributed by atoms with Gasteiger partial charge in [-0.2, -0.15) is 0 Å². The third-order valence-corrected chi connectivity index (χ3v) is 6.39. The van der Waals surface area contributed by atoms with Crippen LogP contribution in [0.25, 0.3) is 0 Å². The predicted molar refractivity (Wildman–Crippen MR) is 127 cm³/mol. The van der Waals surface area contributed by atoms with Gasteiger partial charge in [-0.3, -0.25) is 10.0 Å². The van der Waals surface area contributed by atoms with E-state index in [-0.39, 0.29) is 34.4 Å². The third-order valence-electron chi connectivity index (χ3n) is 5.01. The van der Waals surface area contributed by atoms with Crippen molar-refractivity contribution >= 4 is 15.7 Å². The van der Waals surface area contributed by atoms with E-state index in [1.807, 2.05) is 0 Å². The highest BCUT2D eigenvalue weighted by Crippen LogP contribution is 2.30. The molecule has 2 unspecified atom stereocenters. The fourth-order valence-corrected chi connectivity index (χ4v) is 4.30. The predicted octanol–water partition coefficient (Wildman–Crippen LogP) is 2.18. The number of nitrogens with one attached hydrogen (secondary N) is 2.